The molecule has 2 aliphatic rings. The second-order valence-corrected chi connectivity index (χ2v) is 5.76. The number of ether oxygens (including phenoxy) is 2. The van der Waals surface area contributed by atoms with Crippen LogP contribution in [-0.4, -0.2) is 47.4 Å². The van der Waals surface area contributed by atoms with Crippen LogP contribution in [-0.2, 0) is 27.2 Å². The number of aryl methyl sites for hydroxylation is 1. The molecule has 1 aromatic heterocycles. The molecule has 1 saturated heterocycles. The topological polar surface area (TPSA) is 65.4 Å². The molecule has 2 aliphatic heterocycles. The van der Waals surface area contributed by atoms with Crippen LogP contribution in [0.3, 0.4) is 0 Å². The minimum Gasteiger partial charge on any atom is -0.378 e. The predicted octanol–water partition coefficient (Wildman–Crippen LogP) is 0.900. The van der Waals surface area contributed by atoms with Gasteiger partial charge in [0.25, 0.3) is 0 Å². The van der Waals surface area contributed by atoms with Crippen LogP contribution in [0, 0.1) is 0 Å². The number of aromatic nitrogens is 2. The van der Waals surface area contributed by atoms with Crippen molar-refractivity contribution in [1.29, 1.82) is 0 Å². The summed E-state index contributed by atoms with van der Waals surface area (Å²) in [6, 6.07) is 0.206. The lowest BCUT2D eigenvalue weighted by Crippen LogP contribution is -2.41. The van der Waals surface area contributed by atoms with Crippen LogP contribution >= 0.6 is 0 Å². The number of carbonyl (C=O) groups is 1. The van der Waals surface area contributed by atoms with Crippen molar-refractivity contribution in [3.63, 3.8) is 0 Å². The van der Waals surface area contributed by atoms with E-state index in [0.29, 0.717) is 19.6 Å². The van der Waals surface area contributed by atoms with E-state index in [4.69, 9.17) is 9.47 Å². The average Bonchev–Trinajstić information content (AvgIpc) is 3.14. The first-order valence-corrected chi connectivity index (χ1v) is 7.80. The second-order valence-electron chi connectivity index (χ2n) is 5.76. The Bertz CT molecular complexity index is 468. The molecule has 0 spiro atoms. The number of carbonyl (C=O) groups excluding carboxylic acids is 1. The molecule has 0 radical (unpaired) electrons. The summed E-state index contributed by atoms with van der Waals surface area (Å²) in [5.41, 5.74) is 0. The van der Waals surface area contributed by atoms with Gasteiger partial charge < -0.3 is 19.4 Å². The second kappa shape index (κ2) is 7.04. The molecule has 116 valence electrons. The van der Waals surface area contributed by atoms with E-state index in [1.165, 1.54) is 0 Å². The summed E-state index contributed by atoms with van der Waals surface area (Å²) >= 11 is 0. The third-order valence-electron chi connectivity index (χ3n) is 4.10. The summed E-state index contributed by atoms with van der Waals surface area (Å²) < 4.78 is 13.1. The molecule has 2 atom stereocenters. The standard InChI is InChI=1S/C15H23N3O3/c19-15(5-9-20-11-13-2-1-8-21-13)17-12-3-4-14-16-6-7-18(14)10-12/h6-7,12-13H,1-5,8-11H2,(H,17,19)/t12-,13+/m1/s1. The van der Waals surface area contributed by atoms with Crippen LogP contribution in [0.2, 0.25) is 0 Å². The van der Waals surface area contributed by atoms with E-state index in [9.17, 15) is 4.79 Å². The maximum absolute atomic E-state index is 11.9. The van der Waals surface area contributed by atoms with Crippen molar-refractivity contribution in [2.24, 2.45) is 0 Å². The van der Waals surface area contributed by atoms with Crippen LogP contribution in [0.5, 0.6) is 0 Å². The molecule has 1 fully saturated rings. The lowest BCUT2D eigenvalue weighted by Gasteiger charge is -2.24. The Kier molecular flexibility index (Phi) is 4.87. The van der Waals surface area contributed by atoms with Gasteiger partial charge in [-0.3, -0.25) is 4.79 Å². The van der Waals surface area contributed by atoms with Crippen molar-refractivity contribution in [2.45, 2.75) is 50.8 Å². The smallest absolute Gasteiger partial charge is 0.222 e. The number of nitrogens with zero attached hydrogens (tertiary/aromatic N) is 2. The summed E-state index contributed by atoms with van der Waals surface area (Å²) in [7, 11) is 0. The normalized spacial score (nSPS) is 24.8. The molecule has 0 saturated carbocycles. The van der Waals surface area contributed by atoms with Gasteiger partial charge in [0.2, 0.25) is 5.91 Å². The van der Waals surface area contributed by atoms with Gasteiger partial charge >= 0.3 is 0 Å². The molecular weight excluding hydrogens is 270 g/mol. The van der Waals surface area contributed by atoms with Gasteiger partial charge in [-0.1, -0.05) is 0 Å². The highest BCUT2D eigenvalue weighted by molar-refractivity contribution is 5.76. The van der Waals surface area contributed by atoms with Gasteiger partial charge in [-0.2, -0.15) is 0 Å². The van der Waals surface area contributed by atoms with Gasteiger partial charge in [0.15, 0.2) is 0 Å². The zero-order valence-electron chi connectivity index (χ0n) is 12.3. The largest absolute Gasteiger partial charge is 0.378 e. The van der Waals surface area contributed by atoms with Crippen molar-refractivity contribution in [3.8, 4) is 0 Å². The molecule has 6 heteroatoms. The van der Waals surface area contributed by atoms with Crippen molar-refractivity contribution >= 4 is 5.91 Å². The van der Waals surface area contributed by atoms with Gasteiger partial charge in [-0.05, 0) is 19.3 Å². The Balaban J connectivity index is 1.31. The molecule has 3 heterocycles. The van der Waals surface area contributed by atoms with E-state index in [-0.39, 0.29) is 18.1 Å². The molecular formula is C15H23N3O3. The highest BCUT2D eigenvalue weighted by Gasteiger charge is 2.20. The number of rotatable bonds is 6. The van der Waals surface area contributed by atoms with Crippen LogP contribution in [0.15, 0.2) is 12.4 Å². The predicted molar refractivity (Wildman–Crippen MR) is 76.9 cm³/mol. The first kappa shape index (κ1) is 14.5. The van der Waals surface area contributed by atoms with Crippen molar-refractivity contribution in [1.82, 2.24) is 14.9 Å². The molecule has 3 rings (SSSR count). The zero-order valence-corrected chi connectivity index (χ0v) is 12.3. The van der Waals surface area contributed by atoms with E-state index < -0.39 is 0 Å². The van der Waals surface area contributed by atoms with E-state index in [1.54, 1.807) is 0 Å². The molecule has 0 aliphatic carbocycles. The quantitative estimate of drug-likeness (QED) is 0.792. The Morgan fingerprint density at radius 2 is 2.48 bits per heavy atom. The van der Waals surface area contributed by atoms with Gasteiger partial charge in [-0.15, -0.1) is 0 Å². The van der Waals surface area contributed by atoms with E-state index in [1.807, 2.05) is 12.4 Å². The Labute approximate surface area is 124 Å². The third-order valence-corrected chi connectivity index (χ3v) is 4.10. The summed E-state index contributed by atoms with van der Waals surface area (Å²) in [6.45, 7) is 2.73. The van der Waals surface area contributed by atoms with Crippen molar-refractivity contribution in [3.05, 3.63) is 18.2 Å². The van der Waals surface area contributed by atoms with E-state index in [2.05, 4.69) is 14.9 Å². The first-order chi connectivity index (χ1) is 10.3. The highest BCUT2D eigenvalue weighted by Crippen LogP contribution is 2.13. The maximum Gasteiger partial charge on any atom is 0.222 e. The summed E-state index contributed by atoms with van der Waals surface area (Å²) in [6.07, 6.45) is 8.50. The summed E-state index contributed by atoms with van der Waals surface area (Å²) in [4.78, 5) is 16.2. The lowest BCUT2D eigenvalue weighted by molar-refractivity contribution is -0.123. The highest BCUT2D eigenvalue weighted by atomic mass is 16.5. The molecule has 0 bridgehead atoms. The molecule has 1 amide bonds. The molecule has 0 aromatic carbocycles. The van der Waals surface area contributed by atoms with E-state index >= 15 is 0 Å². The van der Waals surface area contributed by atoms with E-state index in [0.717, 1.165) is 44.7 Å². The molecule has 1 aromatic rings. The lowest BCUT2D eigenvalue weighted by atomic mass is 10.1. The number of imidazole rings is 1. The number of nitrogens with one attached hydrogen (secondary N) is 1. The molecule has 6 nitrogen and oxygen atoms in total. The van der Waals surface area contributed by atoms with Crippen molar-refractivity contribution < 1.29 is 14.3 Å². The minimum absolute atomic E-state index is 0.0657. The molecule has 1 N–H and O–H groups in total. The van der Waals surface area contributed by atoms with Gasteiger partial charge in [0.05, 0.1) is 19.3 Å². The SMILES string of the molecule is O=C(CCOC[C@@H]1CCCO1)N[C@@H]1CCc2nccn2C1. The van der Waals surface area contributed by atoms with Crippen LogP contribution in [0.25, 0.3) is 0 Å². The Morgan fingerprint density at radius 3 is 3.33 bits per heavy atom. The average molecular weight is 293 g/mol. The van der Waals surface area contributed by atoms with Crippen molar-refractivity contribution in [2.75, 3.05) is 19.8 Å². The fourth-order valence-corrected chi connectivity index (χ4v) is 2.94. The fraction of sp³-hybridized carbons (Fsp3) is 0.733. The van der Waals surface area contributed by atoms with Gasteiger partial charge in [0.1, 0.15) is 5.82 Å². The molecule has 0 unspecified atom stereocenters. The zero-order chi connectivity index (χ0) is 14.5. The summed E-state index contributed by atoms with van der Waals surface area (Å²) in [5.74, 6) is 1.18. The van der Waals surface area contributed by atoms with Crippen LogP contribution < -0.4 is 5.32 Å². The first-order valence-electron chi connectivity index (χ1n) is 7.80. The summed E-state index contributed by atoms with van der Waals surface area (Å²) in [5, 5.41) is 3.08. The Morgan fingerprint density at radius 1 is 1.52 bits per heavy atom. The minimum atomic E-state index is 0.0657. The van der Waals surface area contributed by atoms with Gasteiger partial charge in [-0.25, -0.2) is 4.98 Å². The number of hydrogen-bond donors (Lipinski definition) is 1. The Hall–Kier alpha value is -1.40. The van der Waals surface area contributed by atoms with Crippen LogP contribution in [0.1, 0.15) is 31.5 Å². The van der Waals surface area contributed by atoms with Crippen LogP contribution in [0.4, 0.5) is 0 Å². The number of fused-ring (bicyclic) bond motifs is 1. The number of amides is 1. The number of hydrogen-bond acceptors (Lipinski definition) is 4. The maximum atomic E-state index is 11.9. The van der Waals surface area contributed by atoms with Gasteiger partial charge in [0, 0.05) is 44.4 Å². The molecule has 21 heavy (non-hydrogen) atoms. The fourth-order valence-electron chi connectivity index (χ4n) is 2.94. The third kappa shape index (κ3) is 4.04. The monoisotopic (exact) mass is 293 g/mol.